The van der Waals surface area contributed by atoms with Crippen molar-refractivity contribution in [3.05, 3.63) is 91.0 Å². The molecule has 1 aliphatic carbocycles. The molecule has 1 nitrogen and oxygen atoms in total. The van der Waals surface area contributed by atoms with E-state index in [1.54, 1.807) is 0 Å². The first kappa shape index (κ1) is 19.7. The number of thioether (sulfide) groups is 3. The van der Waals surface area contributed by atoms with E-state index in [0.29, 0.717) is 24.5 Å². The number of rotatable bonds is 7. The topological polar surface area (TPSA) is 17.1 Å². The van der Waals surface area contributed by atoms with Crippen molar-refractivity contribution in [2.45, 2.75) is 37.4 Å². The van der Waals surface area contributed by atoms with Crippen molar-refractivity contribution in [3.63, 3.8) is 0 Å². The Labute approximate surface area is 179 Å². The van der Waals surface area contributed by atoms with Crippen LogP contribution in [-0.2, 0) is 4.79 Å². The molecular weight excluding hydrogens is 400 g/mol. The van der Waals surface area contributed by atoms with Gasteiger partial charge in [-0.15, -0.1) is 0 Å². The Morgan fingerprint density at radius 3 is 1.36 bits per heavy atom. The van der Waals surface area contributed by atoms with Crippen LogP contribution in [0.1, 0.15) is 19.3 Å². The number of hydrogen-bond donors (Lipinski definition) is 0. The lowest BCUT2D eigenvalue weighted by Crippen LogP contribution is -2.26. The van der Waals surface area contributed by atoms with Crippen LogP contribution in [0.25, 0.3) is 0 Å². The largest absolute Gasteiger partial charge is 0.300 e. The molecule has 1 atom stereocenters. The monoisotopic (exact) mass is 422 g/mol. The smallest absolute Gasteiger partial charge is 0.133 e. The summed E-state index contributed by atoms with van der Waals surface area (Å²) >= 11 is 5.70. The van der Waals surface area contributed by atoms with Gasteiger partial charge in [0.25, 0.3) is 0 Å². The molecule has 0 spiro atoms. The summed E-state index contributed by atoms with van der Waals surface area (Å²) in [5.74, 6) is 0.714. The van der Waals surface area contributed by atoms with E-state index >= 15 is 0 Å². The minimum absolute atomic E-state index is 0.198. The molecule has 0 aliphatic heterocycles. The second-order valence-corrected chi connectivity index (χ2v) is 11.6. The van der Waals surface area contributed by atoms with Gasteiger partial charge in [0.05, 0.1) is 0 Å². The fraction of sp³-hybridized carbons (Fsp3) is 0.208. The van der Waals surface area contributed by atoms with Gasteiger partial charge in [-0.25, -0.2) is 0 Å². The Kier molecular flexibility index (Phi) is 6.50. The van der Waals surface area contributed by atoms with Crippen LogP contribution >= 0.6 is 35.3 Å². The molecule has 1 saturated carbocycles. The van der Waals surface area contributed by atoms with Crippen LogP contribution in [0.2, 0.25) is 0 Å². The van der Waals surface area contributed by atoms with Crippen molar-refractivity contribution in [2.75, 3.05) is 0 Å². The normalized spacial score (nSPS) is 17.0. The third-order valence-corrected chi connectivity index (χ3v) is 9.63. The highest BCUT2D eigenvalue weighted by molar-refractivity contribution is 8.33. The van der Waals surface area contributed by atoms with Gasteiger partial charge < -0.3 is 0 Å². The summed E-state index contributed by atoms with van der Waals surface area (Å²) in [6.07, 6.45) is 2.32. The maximum absolute atomic E-state index is 12.2. The van der Waals surface area contributed by atoms with Gasteiger partial charge in [-0.1, -0.05) is 89.9 Å². The van der Waals surface area contributed by atoms with Crippen LogP contribution in [-0.4, -0.2) is 9.19 Å². The van der Waals surface area contributed by atoms with Gasteiger partial charge in [0, 0.05) is 33.4 Å². The molecule has 28 heavy (non-hydrogen) atoms. The second kappa shape index (κ2) is 9.25. The Balaban J connectivity index is 1.75. The van der Waals surface area contributed by atoms with E-state index in [4.69, 9.17) is 0 Å². The third-order valence-electron chi connectivity index (χ3n) is 4.76. The maximum Gasteiger partial charge on any atom is 0.133 e. The lowest BCUT2D eigenvalue weighted by Gasteiger charge is -2.37. The first-order chi connectivity index (χ1) is 13.7. The molecular formula is C24H22OS3. The Morgan fingerprint density at radius 2 is 1.04 bits per heavy atom. The Morgan fingerprint density at radius 1 is 0.643 bits per heavy atom. The number of ketones is 1. The van der Waals surface area contributed by atoms with Crippen LogP contribution in [0.3, 0.4) is 0 Å². The molecule has 4 rings (SSSR count). The van der Waals surface area contributed by atoms with E-state index in [1.807, 2.05) is 35.3 Å². The summed E-state index contributed by atoms with van der Waals surface area (Å²) in [6, 6.07) is 31.8. The fourth-order valence-corrected chi connectivity index (χ4v) is 8.59. The number of benzene rings is 3. The van der Waals surface area contributed by atoms with Gasteiger partial charge in [0.15, 0.2) is 0 Å². The van der Waals surface area contributed by atoms with Crippen molar-refractivity contribution in [3.8, 4) is 0 Å². The van der Waals surface area contributed by atoms with Gasteiger partial charge in [0.1, 0.15) is 9.19 Å². The molecule has 0 N–H and O–H groups in total. The van der Waals surface area contributed by atoms with Gasteiger partial charge >= 0.3 is 0 Å². The minimum Gasteiger partial charge on any atom is -0.300 e. The molecule has 1 aliphatic rings. The number of carbonyl (C=O) groups is 1. The van der Waals surface area contributed by atoms with Crippen LogP contribution in [0.5, 0.6) is 0 Å². The first-order valence-electron chi connectivity index (χ1n) is 9.47. The van der Waals surface area contributed by atoms with E-state index in [0.717, 1.165) is 6.42 Å². The molecule has 0 amide bonds. The zero-order valence-electron chi connectivity index (χ0n) is 15.5. The lowest BCUT2D eigenvalue weighted by atomic mass is 10.1. The predicted octanol–water partition coefficient (Wildman–Crippen LogP) is 7.39. The van der Waals surface area contributed by atoms with Crippen molar-refractivity contribution >= 4 is 41.1 Å². The summed E-state index contributed by atoms with van der Waals surface area (Å²) in [5, 5.41) is 0. The van der Waals surface area contributed by atoms with E-state index in [9.17, 15) is 4.79 Å². The molecule has 0 aromatic heterocycles. The minimum atomic E-state index is -0.198. The highest BCUT2D eigenvalue weighted by Gasteiger charge is 2.45. The first-order valence-corrected chi connectivity index (χ1v) is 11.9. The van der Waals surface area contributed by atoms with Crippen molar-refractivity contribution in [2.24, 2.45) is 5.92 Å². The van der Waals surface area contributed by atoms with Crippen molar-refractivity contribution in [1.29, 1.82) is 0 Å². The van der Waals surface area contributed by atoms with Crippen LogP contribution in [0.4, 0.5) is 0 Å². The summed E-state index contributed by atoms with van der Waals surface area (Å²) in [4.78, 5) is 16.0. The molecule has 0 heterocycles. The summed E-state index contributed by atoms with van der Waals surface area (Å²) in [7, 11) is 0. The van der Waals surface area contributed by atoms with Gasteiger partial charge in [-0.3, -0.25) is 4.79 Å². The summed E-state index contributed by atoms with van der Waals surface area (Å²) in [6.45, 7) is 0. The van der Waals surface area contributed by atoms with E-state index in [1.165, 1.54) is 14.7 Å². The standard InChI is InChI=1S/C24H22OS3/c25-20-17-16-19(18-20)24(26-21-10-4-1-5-11-21,27-22-12-6-2-7-13-22)28-23-14-8-3-9-15-23/h1-15,19H,16-18H2/t19-/m1/s1. The zero-order valence-corrected chi connectivity index (χ0v) is 17.9. The molecule has 142 valence electrons. The molecule has 3 aromatic rings. The Bertz CT molecular complexity index is 795. The molecule has 3 aromatic carbocycles. The third kappa shape index (κ3) is 4.86. The molecule has 4 heteroatoms. The van der Waals surface area contributed by atoms with Crippen molar-refractivity contribution < 1.29 is 4.79 Å². The SMILES string of the molecule is O=C1CC[C@@H](C(Sc2ccccc2)(Sc2ccccc2)Sc2ccccc2)C1. The zero-order chi connectivity index (χ0) is 19.2. The van der Waals surface area contributed by atoms with Crippen LogP contribution in [0.15, 0.2) is 106 Å². The van der Waals surface area contributed by atoms with Gasteiger partial charge in [-0.2, -0.15) is 0 Å². The highest BCUT2D eigenvalue weighted by Crippen LogP contribution is 2.62. The average Bonchev–Trinajstić information content (AvgIpc) is 3.17. The van der Waals surface area contributed by atoms with Crippen molar-refractivity contribution in [1.82, 2.24) is 0 Å². The van der Waals surface area contributed by atoms with Gasteiger partial charge in [0.2, 0.25) is 0 Å². The maximum atomic E-state index is 12.2. The summed E-state index contributed by atoms with van der Waals surface area (Å²) in [5.41, 5.74) is 0. The summed E-state index contributed by atoms with van der Waals surface area (Å²) < 4.78 is -0.198. The number of carbonyl (C=O) groups excluding carboxylic acids is 1. The molecule has 0 radical (unpaired) electrons. The van der Waals surface area contributed by atoms with Crippen LogP contribution < -0.4 is 0 Å². The predicted molar refractivity (Wildman–Crippen MR) is 122 cm³/mol. The fourth-order valence-electron chi connectivity index (χ4n) is 3.39. The molecule has 0 bridgehead atoms. The average molecular weight is 423 g/mol. The van der Waals surface area contributed by atoms with Gasteiger partial charge in [-0.05, 0) is 42.8 Å². The molecule has 1 fully saturated rings. The quantitative estimate of drug-likeness (QED) is 0.291. The van der Waals surface area contributed by atoms with E-state index < -0.39 is 0 Å². The van der Waals surface area contributed by atoms with Crippen LogP contribution in [0, 0.1) is 5.92 Å². The molecule has 0 saturated heterocycles. The van der Waals surface area contributed by atoms with E-state index in [2.05, 4.69) is 91.0 Å². The molecule has 0 unspecified atom stereocenters. The second-order valence-electron chi connectivity index (χ2n) is 6.83. The Hall–Kier alpha value is -1.62. The lowest BCUT2D eigenvalue weighted by molar-refractivity contribution is -0.117. The highest BCUT2D eigenvalue weighted by atomic mass is 32.3. The number of Topliss-reactive ketones (excluding diaryl/α,β-unsaturated/α-hetero) is 1. The van der Waals surface area contributed by atoms with E-state index in [-0.39, 0.29) is 3.41 Å². The number of hydrogen-bond acceptors (Lipinski definition) is 4.